The Balaban J connectivity index is 0.00000133. The molecular formula is C13H20ClN3O2. The number of likely N-dealkylation sites (tertiary alicyclic amines) is 1. The molecule has 3 heterocycles. The first kappa shape index (κ1) is 14.3. The van der Waals surface area contributed by atoms with E-state index in [1.807, 2.05) is 4.90 Å². The lowest BCUT2D eigenvalue weighted by Gasteiger charge is -2.38. The van der Waals surface area contributed by atoms with Gasteiger partial charge in [-0.2, -0.15) is 0 Å². The van der Waals surface area contributed by atoms with Crippen LogP contribution in [0.4, 0.5) is 0 Å². The molecule has 0 atom stereocenters. The lowest BCUT2D eigenvalue weighted by molar-refractivity contribution is 0.0601. The van der Waals surface area contributed by atoms with E-state index in [-0.39, 0.29) is 18.3 Å². The van der Waals surface area contributed by atoms with E-state index in [1.54, 1.807) is 6.92 Å². The molecule has 0 bridgehead atoms. The van der Waals surface area contributed by atoms with Crippen molar-refractivity contribution in [1.29, 1.82) is 0 Å². The monoisotopic (exact) mass is 285 g/mol. The van der Waals surface area contributed by atoms with Crippen LogP contribution in [-0.4, -0.2) is 42.0 Å². The average Bonchev–Trinajstić information content (AvgIpc) is 2.99. The summed E-state index contributed by atoms with van der Waals surface area (Å²) in [5.74, 6) is 0.630. The molecule has 0 aromatic carbocycles. The third kappa shape index (κ3) is 2.62. The molecule has 5 nitrogen and oxygen atoms in total. The highest BCUT2D eigenvalue weighted by molar-refractivity contribution is 5.93. The Hall–Kier alpha value is -1.07. The van der Waals surface area contributed by atoms with Gasteiger partial charge in [0.15, 0.2) is 12.1 Å². The van der Waals surface area contributed by atoms with E-state index >= 15 is 0 Å². The summed E-state index contributed by atoms with van der Waals surface area (Å²) < 4.78 is 5.10. The van der Waals surface area contributed by atoms with Gasteiger partial charge in [0, 0.05) is 19.6 Å². The van der Waals surface area contributed by atoms with E-state index in [0.29, 0.717) is 16.9 Å². The second-order valence-corrected chi connectivity index (χ2v) is 5.48. The van der Waals surface area contributed by atoms with Crippen molar-refractivity contribution < 1.29 is 9.21 Å². The van der Waals surface area contributed by atoms with Gasteiger partial charge in [-0.15, -0.1) is 12.4 Å². The Kier molecular flexibility index (Phi) is 4.16. The molecule has 0 aliphatic carbocycles. The van der Waals surface area contributed by atoms with Crippen molar-refractivity contribution in [2.24, 2.45) is 5.41 Å². The predicted molar refractivity (Wildman–Crippen MR) is 73.5 cm³/mol. The lowest BCUT2D eigenvalue weighted by atomic mass is 9.78. The first-order chi connectivity index (χ1) is 8.70. The smallest absolute Gasteiger partial charge is 0.276 e. The maximum Gasteiger partial charge on any atom is 0.276 e. The van der Waals surface area contributed by atoms with E-state index in [1.165, 1.54) is 12.8 Å². The molecule has 1 aromatic heterocycles. The molecule has 0 unspecified atom stereocenters. The summed E-state index contributed by atoms with van der Waals surface area (Å²) in [6.07, 6.45) is 4.79. The summed E-state index contributed by atoms with van der Waals surface area (Å²) in [5.41, 5.74) is 0.908. The molecule has 106 valence electrons. The molecule has 2 saturated heterocycles. The zero-order chi connectivity index (χ0) is 12.6. The molecule has 1 N–H and O–H groups in total. The zero-order valence-corrected chi connectivity index (χ0v) is 12.0. The van der Waals surface area contributed by atoms with Crippen molar-refractivity contribution in [3.8, 4) is 0 Å². The maximum atomic E-state index is 12.3. The van der Waals surface area contributed by atoms with Gasteiger partial charge in [-0.05, 0) is 38.1 Å². The molecule has 2 fully saturated rings. The number of carbonyl (C=O) groups excluding carboxylic acids is 1. The van der Waals surface area contributed by atoms with Crippen LogP contribution in [0.3, 0.4) is 0 Å². The molecule has 1 amide bonds. The van der Waals surface area contributed by atoms with Crippen molar-refractivity contribution in [1.82, 2.24) is 15.2 Å². The highest BCUT2D eigenvalue weighted by Gasteiger charge is 2.38. The molecule has 3 rings (SSSR count). The van der Waals surface area contributed by atoms with Crippen LogP contribution in [0.25, 0.3) is 0 Å². The number of rotatable bonds is 1. The van der Waals surface area contributed by atoms with Crippen molar-refractivity contribution in [3.05, 3.63) is 17.8 Å². The molecule has 19 heavy (non-hydrogen) atoms. The number of halogens is 1. The number of hydrogen-bond donors (Lipinski definition) is 1. The predicted octanol–water partition coefficient (Wildman–Crippen LogP) is 1.62. The molecule has 1 spiro atoms. The average molecular weight is 286 g/mol. The minimum atomic E-state index is 0. The molecular weight excluding hydrogens is 266 g/mol. The van der Waals surface area contributed by atoms with Crippen LogP contribution < -0.4 is 5.32 Å². The SMILES string of the molecule is Cc1ocnc1C(=O)N1CCC2(CCNC2)CC1.Cl. The number of nitrogens with zero attached hydrogens (tertiary/aromatic N) is 2. The minimum Gasteiger partial charge on any atom is -0.448 e. The molecule has 2 aliphatic heterocycles. The number of aromatic nitrogens is 1. The molecule has 2 aliphatic rings. The number of aryl methyl sites for hydroxylation is 1. The molecule has 1 aromatic rings. The summed E-state index contributed by atoms with van der Waals surface area (Å²) in [6.45, 7) is 5.69. The first-order valence-corrected chi connectivity index (χ1v) is 6.60. The number of amides is 1. The van der Waals surface area contributed by atoms with Gasteiger partial charge >= 0.3 is 0 Å². The van der Waals surface area contributed by atoms with Crippen LogP contribution in [0.5, 0.6) is 0 Å². The van der Waals surface area contributed by atoms with Gasteiger partial charge < -0.3 is 14.6 Å². The summed E-state index contributed by atoms with van der Waals surface area (Å²) in [7, 11) is 0. The third-order valence-electron chi connectivity index (χ3n) is 4.39. The summed E-state index contributed by atoms with van der Waals surface area (Å²) in [6, 6.07) is 0. The Morgan fingerprint density at radius 2 is 2.16 bits per heavy atom. The van der Waals surface area contributed by atoms with Crippen molar-refractivity contribution in [3.63, 3.8) is 0 Å². The number of carbonyl (C=O) groups is 1. The quantitative estimate of drug-likeness (QED) is 0.852. The number of hydrogen-bond acceptors (Lipinski definition) is 4. The Bertz CT molecular complexity index is 444. The lowest BCUT2D eigenvalue weighted by Crippen LogP contribution is -2.44. The van der Waals surface area contributed by atoms with Gasteiger partial charge in [-0.25, -0.2) is 4.98 Å². The van der Waals surface area contributed by atoms with E-state index in [9.17, 15) is 4.79 Å². The number of oxazole rings is 1. The van der Waals surface area contributed by atoms with Gasteiger partial charge in [0.1, 0.15) is 5.76 Å². The van der Waals surface area contributed by atoms with Gasteiger partial charge in [0.2, 0.25) is 0 Å². The van der Waals surface area contributed by atoms with E-state index in [2.05, 4.69) is 10.3 Å². The Morgan fingerprint density at radius 1 is 1.42 bits per heavy atom. The Labute approximate surface area is 119 Å². The van der Waals surface area contributed by atoms with Gasteiger partial charge in [-0.1, -0.05) is 0 Å². The molecule has 6 heteroatoms. The molecule has 0 saturated carbocycles. The van der Waals surface area contributed by atoms with Crippen LogP contribution in [0.1, 0.15) is 35.5 Å². The highest BCUT2D eigenvalue weighted by atomic mass is 35.5. The van der Waals surface area contributed by atoms with Crippen LogP contribution in [-0.2, 0) is 0 Å². The second kappa shape index (κ2) is 5.51. The summed E-state index contributed by atoms with van der Waals surface area (Å²) in [5, 5.41) is 3.43. The highest BCUT2D eigenvalue weighted by Crippen LogP contribution is 2.37. The second-order valence-electron chi connectivity index (χ2n) is 5.48. The summed E-state index contributed by atoms with van der Waals surface area (Å²) >= 11 is 0. The van der Waals surface area contributed by atoms with Crippen LogP contribution in [0, 0.1) is 12.3 Å². The van der Waals surface area contributed by atoms with Gasteiger partial charge in [-0.3, -0.25) is 4.79 Å². The fourth-order valence-corrected chi connectivity index (χ4v) is 3.07. The van der Waals surface area contributed by atoms with E-state index < -0.39 is 0 Å². The van der Waals surface area contributed by atoms with Gasteiger partial charge in [0.25, 0.3) is 5.91 Å². The number of piperidine rings is 1. The standard InChI is InChI=1S/C13H19N3O2.ClH/c1-10-11(15-9-18-10)12(17)16-6-3-13(4-7-16)2-5-14-8-13;/h9,14H,2-8H2,1H3;1H. The molecule has 0 radical (unpaired) electrons. The van der Waals surface area contributed by atoms with Crippen molar-refractivity contribution >= 4 is 18.3 Å². The topological polar surface area (TPSA) is 58.4 Å². The van der Waals surface area contributed by atoms with E-state index in [0.717, 1.165) is 39.0 Å². The van der Waals surface area contributed by atoms with Crippen molar-refractivity contribution in [2.45, 2.75) is 26.2 Å². The Morgan fingerprint density at radius 3 is 2.68 bits per heavy atom. The zero-order valence-electron chi connectivity index (χ0n) is 11.1. The van der Waals surface area contributed by atoms with Gasteiger partial charge in [0.05, 0.1) is 0 Å². The van der Waals surface area contributed by atoms with E-state index in [4.69, 9.17) is 4.42 Å². The first-order valence-electron chi connectivity index (χ1n) is 6.60. The fraction of sp³-hybridized carbons (Fsp3) is 0.692. The third-order valence-corrected chi connectivity index (χ3v) is 4.39. The summed E-state index contributed by atoms with van der Waals surface area (Å²) in [4.78, 5) is 18.2. The van der Waals surface area contributed by atoms with Crippen LogP contribution in [0.15, 0.2) is 10.8 Å². The maximum absolute atomic E-state index is 12.3. The fourth-order valence-electron chi connectivity index (χ4n) is 3.07. The largest absolute Gasteiger partial charge is 0.448 e. The van der Waals surface area contributed by atoms with Crippen LogP contribution in [0.2, 0.25) is 0 Å². The minimum absolute atomic E-state index is 0. The normalized spacial score (nSPS) is 21.4. The van der Waals surface area contributed by atoms with Crippen molar-refractivity contribution in [2.75, 3.05) is 26.2 Å². The number of nitrogens with one attached hydrogen (secondary N) is 1. The van der Waals surface area contributed by atoms with Crippen LogP contribution >= 0.6 is 12.4 Å².